The van der Waals surface area contributed by atoms with Crippen LogP contribution < -0.4 is 10.6 Å². The van der Waals surface area contributed by atoms with Crippen molar-refractivity contribution in [2.45, 2.75) is 6.54 Å². The van der Waals surface area contributed by atoms with E-state index < -0.39 is 17.7 Å². The number of rotatable bonds is 0. The van der Waals surface area contributed by atoms with Crippen LogP contribution in [0.1, 0.15) is 5.56 Å². The zero-order chi connectivity index (χ0) is 9.42. The minimum absolute atomic E-state index is 0.0906. The van der Waals surface area contributed by atoms with Gasteiger partial charge in [0.15, 0.2) is 0 Å². The van der Waals surface area contributed by atoms with Crippen molar-refractivity contribution in [2.75, 3.05) is 5.32 Å². The number of benzene rings is 1. The van der Waals surface area contributed by atoms with Crippen LogP contribution in [0.5, 0.6) is 0 Å². The van der Waals surface area contributed by atoms with Crippen LogP contribution >= 0.6 is 0 Å². The zero-order valence-corrected chi connectivity index (χ0v) is 6.53. The van der Waals surface area contributed by atoms with Gasteiger partial charge in [-0.15, -0.1) is 0 Å². The van der Waals surface area contributed by atoms with Crippen LogP contribution in [0.2, 0.25) is 0 Å². The highest BCUT2D eigenvalue weighted by atomic mass is 19.1. The molecule has 1 heterocycles. The lowest BCUT2D eigenvalue weighted by molar-refractivity contribution is 0.250. The molecular weight excluding hydrogens is 178 g/mol. The van der Waals surface area contributed by atoms with Crippen LogP contribution in [-0.4, -0.2) is 6.03 Å². The molecule has 0 aliphatic carbocycles. The van der Waals surface area contributed by atoms with Crippen molar-refractivity contribution in [1.29, 1.82) is 0 Å². The molecule has 13 heavy (non-hydrogen) atoms. The van der Waals surface area contributed by atoms with Crippen molar-refractivity contribution in [3.8, 4) is 0 Å². The van der Waals surface area contributed by atoms with Gasteiger partial charge in [0.1, 0.15) is 11.6 Å². The first-order valence-electron chi connectivity index (χ1n) is 3.69. The normalized spacial score (nSPS) is 14.5. The number of nitrogens with one attached hydrogen (secondary N) is 2. The Hall–Kier alpha value is -1.65. The Balaban J connectivity index is 2.53. The molecule has 0 atom stereocenters. The molecule has 2 rings (SSSR count). The molecular formula is C8H6F2N2O. The maximum atomic E-state index is 13.0. The van der Waals surface area contributed by atoms with Crippen LogP contribution in [0.3, 0.4) is 0 Å². The Morgan fingerprint density at radius 1 is 1.31 bits per heavy atom. The molecule has 0 saturated heterocycles. The average molecular weight is 184 g/mol. The molecule has 0 aromatic heterocycles. The molecule has 0 spiro atoms. The number of halogens is 2. The molecule has 1 aromatic rings. The molecule has 2 N–H and O–H groups in total. The molecule has 3 nitrogen and oxygen atoms in total. The van der Waals surface area contributed by atoms with E-state index in [0.29, 0.717) is 0 Å². The third kappa shape index (κ3) is 1.32. The van der Waals surface area contributed by atoms with E-state index in [-0.39, 0.29) is 17.8 Å². The van der Waals surface area contributed by atoms with Gasteiger partial charge in [0.05, 0.1) is 5.69 Å². The Labute approximate surface area is 72.7 Å². The third-order valence-corrected chi connectivity index (χ3v) is 1.83. The summed E-state index contributed by atoms with van der Waals surface area (Å²) >= 11 is 0. The van der Waals surface area contributed by atoms with E-state index in [0.717, 1.165) is 12.1 Å². The maximum Gasteiger partial charge on any atom is 0.319 e. The lowest BCUT2D eigenvalue weighted by Gasteiger charge is -2.18. The number of amides is 2. The van der Waals surface area contributed by atoms with E-state index in [4.69, 9.17) is 0 Å². The number of carbonyl (C=O) groups is 1. The van der Waals surface area contributed by atoms with Crippen LogP contribution in [0, 0.1) is 11.6 Å². The van der Waals surface area contributed by atoms with Gasteiger partial charge in [-0.1, -0.05) is 0 Å². The van der Waals surface area contributed by atoms with Gasteiger partial charge in [-0.2, -0.15) is 0 Å². The summed E-state index contributed by atoms with van der Waals surface area (Å²) in [4.78, 5) is 10.8. The quantitative estimate of drug-likeness (QED) is 0.631. The lowest BCUT2D eigenvalue weighted by Crippen LogP contribution is -2.34. The van der Waals surface area contributed by atoms with Crippen molar-refractivity contribution in [1.82, 2.24) is 5.32 Å². The molecule has 0 unspecified atom stereocenters. The van der Waals surface area contributed by atoms with Crippen LogP contribution in [0.25, 0.3) is 0 Å². The summed E-state index contributed by atoms with van der Waals surface area (Å²) in [5.74, 6) is -1.35. The first-order valence-corrected chi connectivity index (χ1v) is 3.69. The lowest BCUT2D eigenvalue weighted by atomic mass is 10.1. The number of anilines is 1. The molecule has 0 saturated carbocycles. The topological polar surface area (TPSA) is 41.1 Å². The monoisotopic (exact) mass is 184 g/mol. The predicted molar refractivity (Wildman–Crippen MR) is 42.2 cm³/mol. The second-order valence-corrected chi connectivity index (χ2v) is 2.72. The molecule has 1 aliphatic heterocycles. The minimum Gasteiger partial charge on any atom is -0.334 e. The average Bonchev–Trinajstić information content (AvgIpc) is 2.02. The van der Waals surface area contributed by atoms with Gasteiger partial charge in [-0.05, 0) is 6.07 Å². The van der Waals surface area contributed by atoms with E-state index in [1.165, 1.54) is 0 Å². The maximum absolute atomic E-state index is 13.0. The predicted octanol–water partition coefficient (Wildman–Crippen LogP) is 1.60. The summed E-state index contributed by atoms with van der Waals surface area (Å²) in [7, 11) is 0. The van der Waals surface area contributed by atoms with Crippen molar-refractivity contribution in [2.24, 2.45) is 0 Å². The molecule has 0 bridgehead atoms. The largest absolute Gasteiger partial charge is 0.334 e. The SMILES string of the molecule is O=C1NCc2c(F)cc(F)cc2N1. The smallest absolute Gasteiger partial charge is 0.319 e. The first kappa shape index (κ1) is 7.97. The third-order valence-electron chi connectivity index (χ3n) is 1.83. The van der Waals surface area contributed by atoms with E-state index in [9.17, 15) is 13.6 Å². The molecule has 68 valence electrons. The summed E-state index contributed by atoms with van der Waals surface area (Å²) in [5.41, 5.74) is 0.474. The van der Waals surface area contributed by atoms with Crippen molar-refractivity contribution < 1.29 is 13.6 Å². The highest BCUT2D eigenvalue weighted by molar-refractivity contribution is 5.92. The van der Waals surface area contributed by atoms with Gasteiger partial charge in [0.25, 0.3) is 0 Å². The number of hydrogen-bond acceptors (Lipinski definition) is 1. The summed E-state index contributed by atoms with van der Waals surface area (Å²) in [5, 5.41) is 4.70. The Kier molecular flexibility index (Phi) is 1.65. The second kappa shape index (κ2) is 2.69. The second-order valence-electron chi connectivity index (χ2n) is 2.72. The fourth-order valence-corrected chi connectivity index (χ4v) is 1.23. The van der Waals surface area contributed by atoms with Gasteiger partial charge < -0.3 is 10.6 Å². The van der Waals surface area contributed by atoms with Gasteiger partial charge in [0, 0.05) is 18.2 Å². The number of carbonyl (C=O) groups excluding carboxylic acids is 1. The first-order chi connectivity index (χ1) is 6.16. The molecule has 2 amide bonds. The van der Waals surface area contributed by atoms with Crippen LogP contribution in [0.15, 0.2) is 12.1 Å². The van der Waals surface area contributed by atoms with Crippen molar-refractivity contribution in [3.05, 3.63) is 29.3 Å². The number of hydrogen-bond donors (Lipinski definition) is 2. The Morgan fingerprint density at radius 3 is 2.85 bits per heavy atom. The summed E-state index contributed by atoms with van der Waals surface area (Å²) < 4.78 is 25.7. The summed E-state index contributed by atoms with van der Waals surface area (Å²) in [6.45, 7) is 0.0906. The molecule has 0 fully saturated rings. The highest BCUT2D eigenvalue weighted by Crippen LogP contribution is 2.23. The fourth-order valence-electron chi connectivity index (χ4n) is 1.23. The van der Waals surface area contributed by atoms with E-state index in [1.54, 1.807) is 0 Å². The van der Waals surface area contributed by atoms with Crippen LogP contribution in [0.4, 0.5) is 19.3 Å². The van der Waals surface area contributed by atoms with Crippen LogP contribution in [-0.2, 0) is 6.54 Å². The van der Waals surface area contributed by atoms with E-state index in [1.807, 2.05) is 0 Å². The molecule has 0 radical (unpaired) electrons. The van der Waals surface area contributed by atoms with Gasteiger partial charge in [-0.3, -0.25) is 0 Å². The minimum atomic E-state index is -0.696. The van der Waals surface area contributed by atoms with Gasteiger partial charge in [0.2, 0.25) is 0 Å². The fraction of sp³-hybridized carbons (Fsp3) is 0.125. The van der Waals surface area contributed by atoms with E-state index in [2.05, 4.69) is 10.6 Å². The molecule has 1 aliphatic rings. The van der Waals surface area contributed by atoms with E-state index >= 15 is 0 Å². The number of urea groups is 1. The highest BCUT2D eigenvalue weighted by Gasteiger charge is 2.18. The Bertz CT molecular complexity index is 379. The summed E-state index contributed by atoms with van der Waals surface area (Å²) in [6.07, 6.45) is 0. The molecule has 5 heteroatoms. The Morgan fingerprint density at radius 2 is 2.08 bits per heavy atom. The zero-order valence-electron chi connectivity index (χ0n) is 6.53. The van der Waals surface area contributed by atoms with Gasteiger partial charge >= 0.3 is 6.03 Å². The van der Waals surface area contributed by atoms with Crippen molar-refractivity contribution in [3.63, 3.8) is 0 Å². The van der Waals surface area contributed by atoms with Gasteiger partial charge in [-0.25, -0.2) is 13.6 Å². The standard InChI is InChI=1S/C8H6F2N2O/c9-4-1-6(10)5-3-11-8(13)12-7(5)2-4/h1-2H,3H2,(H2,11,12,13). The van der Waals surface area contributed by atoms with Crippen molar-refractivity contribution >= 4 is 11.7 Å². The number of fused-ring (bicyclic) bond motifs is 1. The summed E-state index contributed by atoms with van der Waals surface area (Å²) in [6, 6.07) is 1.44. The molecule has 1 aromatic carbocycles.